The normalized spacial score (nSPS) is 15.9. The molecule has 0 spiro atoms. The Hall–Kier alpha value is -3.95. The Bertz CT molecular complexity index is 1280. The van der Waals surface area contributed by atoms with E-state index < -0.39 is 6.09 Å². The van der Waals surface area contributed by atoms with Crippen LogP contribution in [0.4, 0.5) is 10.5 Å². The minimum absolute atomic E-state index is 0.0583. The van der Waals surface area contributed by atoms with Gasteiger partial charge in [-0.05, 0) is 63.3 Å². The Balaban J connectivity index is 1.48. The minimum atomic E-state index is -0.907. The first-order valence-corrected chi connectivity index (χ1v) is 12.5. The van der Waals surface area contributed by atoms with Crippen LogP contribution in [-0.2, 0) is 12.1 Å². The van der Waals surface area contributed by atoms with E-state index in [-0.39, 0.29) is 17.5 Å². The first-order valence-electron chi connectivity index (χ1n) is 12.5. The molecule has 196 valence electrons. The minimum Gasteiger partial charge on any atom is -0.465 e. The molecule has 3 aromatic rings. The smallest absolute Gasteiger partial charge is 0.407 e. The number of aryl methyl sites for hydroxylation is 1. The molecule has 1 atom stereocenters. The van der Waals surface area contributed by atoms with E-state index in [0.29, 0.717) is 18.8 Å². The Morgan fingerprint density at radius 2 is 2.03 bits per heavy atom. The molecule has 1 aliphatic heterocycles. The van der Waals surface area contributed by atoms with Gasteiger partial charge in [0, 0.05) is 38.4 Å². The van der Waals surface area contributed by atoms with Crippen LogP contribution in [0.5, 0.6) is 0 Å². The summed E-state index contributed by atoms with van der Waals surface area (Å²) in [5.41, 5.74) is 5.20. The van der Waals surface area contributed by atoms with E-state index in [0.717, 1.165) is 47.3 Å². The lowest BCUT2D eigenvalue weighted by Crippen LogP contribution is -2.48. The molecule has 1 aromatic carbocycles. The standard InChI is InChI=1S/C27H35N7O3/c1-18-13-19(8-9-20(18)14-29-25(35)23-17-34(31-30-23)27(2,3)4)22-10-11-28-15-24(22)33-12-6-7-21(16-33)32(5)26(36)37/h8-11,13,15,17,21H,6-7,12,14,16H2,1-5H3,(H,29,35)(H,36,37). The largest absolute Gasteiger partial charge is 0.465 e. The molecule has 1 fully saturated rings. The number of rotatable bonds is 6. The average Bonchev–Trinajstić information content (AvgIpc) is 3.39. The van der Waals surface area contributed by atoms with E-state index in [1.807, 2.05) is 52.1 Å². The fourth-order valence-electron chi connectivity index (χ4n) is 4.55. The Labute approximate surface area is 217 Å². The predicted octanol–water partition coefficient (Wildman–Crippen LogP) is 3.91. The summed E-state index contributed by atoms with van der Waals surface area (Å²) in [6, 6.07) is 8.12. The molecule has 0 radical (unpaired) electrons. The predicted molar refractivity (Wildman–Crippen MR) is 142 cm³/mol. The zero-order valence-corrected chi connectivity index (χ0v) is 22.1. The molecule has 2 aromatic heterocycles. The number of piperidine rings is 1. The number of hydrogen-bond donors (Lipinski definition) is 2. The molecule has 0 saturated carbocycles. The van der Waals surface area contributed by atoms with Crippen LogP contribution in [0.3, 0.4) is 0 Å². The quantitative estimate of drug-likeness (QED) is 0.522. The van der Waals surface area contributed by atoms with Gasteiger partial charge in [0.25, 0.3) is 5.91 Å². The maximum atomic E-state index is 12.6. The third-order valence-corrected chi connectivity index (χ3v) is 6.89. The lowest BCUT2D eigenvalue weighted by molar-refractivity contribution is 0.0945. The first-order chi connectivity index (χ1) is 17.5. The van der Waals surface area contributed by atoms with Gasteiger partial charge in [-0.3, -0.25) is 9.78 Å². The summed E-state index contributed by atoms with van der Waals surface area (Å²) in [5.74, 6) is -0.263. The van der Waals surface area contributed by atoms with Crippen LogP contribution in [0.25, 0.3) is 11.1 Å². The van der Waals surface area contributed by atoms with E-state index in [1.165, 1.54) is 4.90 Å². The van der Waals surface area contributed by atoms with Gasteiger partial charge >= 0.3 is 6.09 Å². The molecule has 10 nitrogen and oxygen atoms in total. The molecule has 2 N–H and O–H groups in total. The van der Waals surface area contributed by atoms with Crippen LogP contribution in [-0.4, -0.2) is 68.2 Å². The van der Waals surface area contributed by atoms with E-state index >= 15 is 0 Å². The highest BCUT2D eigenvalue weighted by atomic mass is 16.4. The van der Waals surface area contributed by atoms with Crippen molar-refractivity contribution in [2.75, 3.05) is 25.0 Å². The van der Waals surface area contributed by atoms with Crippen molar-refractivity contribution in [3.05, 3.63) is 59.7 Å². The summed E-state index contributed by atoms with van der Waals surface area (Å²) in [7, 11) is 1.63. The van der Waals surface area contributed by atoms with Crippen LogP contribution in [0.1, 0.15) is 55.2 Å². The second-order valence-corrected chi connectivity index (χ2v) is 10.6. The highest BCUT2D eigenvalue weighted by Gasteiger charge is 2.27. The van der Waals surface area contributed by atoms with Crippen molar-refractivity contribution in [1.29, 1.82) is 0 Å². The van der Waals surface area contributed by atoms with Gasteiger partial charge in [0.05, 0.1) is 29.7 Å². The maximum Gasteiger partial charge on any atom is 0.407 e. The number of anilines is 1. The van der Waals surface area contributed by atoms with E-state index in [2.05, 4.69) is 31.6 Å². The Morgan fingerprint density at radius 3 is 2.70 bits per heavy atom. The van der Waals surface area contributed by atoms with Crippen LogP contribution in [0.15, 0.2) is 42.9 Å². The second kappa shape index (κ2) is 10.6. The van der Waals surface area contributed by atoms with Gasteiger partial charge in [0.1, 0.15) is 0 Å². The van der Waals surface area contributed by atoms with Crippen LogP contribution in [0.2, 0.25) is 0 Å². The van der Waals surface area contributed by atoms with Crippen molar-refractivity contribution in [2.45, 2.75) is 58.7 Å². The van der Waals surface area contributed by atoms with Crippen molar-refractivity contribution < 1.29 is 14.7 Å². The highest BCUT2D eigenvalue weighted by Crippen LogP contribution is 2.33. The average molecular weight is 506 g/mol. The van der Waals surface area contributed by atoms with Gasteiger partial charge in [-0.1, -0.05) is 23.4 Å². The summed E-state index contributed by atoms with van der Waals surface area (Å²) in [4.78, 5) is 32.1. The molecule has 4 rings (SSSR count). The lowest BCUT2D eigenvalue weighted by Gasteiger charge is -2.38. The molecular weight excluding hydrogens is 470 g/mol. The monoisotopic (exact) mass is 505 g/mol. The Morgan fingerprint density at radius 1 is 1.24 bits per heavy atom. The topological polar surface area (TPSA) is 116 Å². The molecule has 1 saturated heterocycles. The van der Waals surface area contributed by atoms with Crippen LogP contribution < -0.4 is 10.2 Å². The van der Waals surface area contributed by atoms with Gasteiger partial charge in [-0.2, -0.15) is 0 Å². The maximum absolute atomic E-state index is 12.6. The SMILES string of the molecule is Cc1cc(-c2ccncc2N2CCCC(N(C)C(=O)O)C2)ccc1CNC(=O)c1cn(C(C)(C)C)nn1. The van der Waals surface area contributed by atoms with Gasteiger partial charge < -0.3 is 20.2 Å². The van der Waals surface area contributed by atoms with E-state index in [4.69, 9.17) is 0 Å². The van der Waals surface area contributed by atoms with Crippen molar-refractivity contribution in [1.82, 2.24) is 30.2 Å². The van der Waals surface area contributed by atoms with Gasteiger partial charge in [-0.25, -0.2) is 9.48 Å². The molecule has 3 heterocycles. The number of likely N-dealkylation sites (N-methyl/N-ethyl adjacent to an activating group) is 1. The number of hydrogen-bond acceptors (Lipinski definition) is 6. The van der Waals surface area contributed by atoms with Crippen molar-refractivity contribution in [2.24, 2.45) is 0 Å². The summed E-state index contributed by atoms with van der Waals surface area (Å²) in [6.45, 7) is 9.89. The summed E-state index contributed by atoms with van der Waals surface area (Å²) >= 11 is 0. The number of amides is 2. The summed E-state index contributed by atoms with van der Waals surface area (Å²) in [5, 5.41) is 20.4. The number of benzene rings is 1. The molecular formula is C27H35N7O3. The molecule has 0 aliphatic carbocycles. The van der Waals surface area contributed by atoms with Gasteiger partial charge in [0.15, 0.2) is 5.69 Å². The van der Waals surface area contributed by atoms with Crippen LogP contribution in [0, 0.1) is 6.92 Å². The lowest BCUT2D eigenvalue weighted by atomic mass is 9.97. The first kappa shape index (κ1) is 26.1. The fourth-order valence-corrected chi connectivity index (χ4v) is 4.55. The molecule has 2 amide bonds. The number of pyridine rings is 1. The van der Waals surface area contributed by atoms with Gasteiger partial charge in [-0.15, -0.1) is 5.10 Å². The summed E-state index contributed by atoms with van der Waals surface area (Å²) in [6.07, 6.45) is 6.15. The van der Waals surface area contributed by atoms with Crippen LogP contribution >= 0.6 is 0 Å². The molecule has 1 aliphatic rings. The molecule has 10 heteroatoms. The van der Waals surface area contributed by atoms with Crippen molar-refractivity contribution >= 4 is 17.7 Å². The zero-order chi connectivity index (χ0) is 26.7. The van der Waals surface area contributed by atoms with Gasteiger partial charge in [0.2, 0.25) is 0 Å². The Kier molecular flexibility index (Phi) is 7.47. The third kappa shape index (κ3) is 5.90. The number of carboxylic acid groups (broad SMARTS) is 1. The molecule has 1 unspecified atom stereocenters. The third-order valence-electron chi connectivity index (χ3n) is 6.89. The van der Waals surface area contributed by atoms with E-state index in [9.17, 15) is 14.7 Å². The zero-order valence-electron chi connectivity index (χ0n) is 22.1. The van der Waals surface area contributed by atoms with E-state index in [1.54, 1.807) is 24.1 Å². The fraction of sp³-hybridized carbons (Fsp3) is 0.444. The number of nitrogens with zero attached hydrogens (tertiary/aromatic N) is 6. The second-order valence-electron chi connectivity index (χ2n) is 10.6. The number of carbonyl (C=O) groups is 2. The summed E-state index contributed by atoms with van der Waals surface area (Å²) < 4.78 is 1.68. The highest BCUT2D eigenvalue weighted by molar-refractivity contribution is 5.91. The number of aromatic nitrogens is 4. The molecule has 0 bridgehead atoms. The van der Waals surface area contributed by atoms with Crippen molar-refractivity contribution in [3.8, 4) is 11.1 Å². The van der Waals surface area contributed by atoms with Crippen molar-refractivity contribution in [3.63, 3.8) is 0 Å². The number of nitrogens with one attached hydrogen (secondary N) is 1. The molecule has 37 heavy (non-hydrogen) atoms. The number of carbonyl (C=O) groups excluding carboxylic acids is 1.